The summed E-state index contributed by atoms with van der Waals surface area (Å²) in [7, 11) is 0. The lowest BCUT2D eigenvalue weighted by Gasteiger charge is -2.25. The quantitative estimate of drug-likeness (QED) is 0.844. The Labute approximate surface area is 98.4 Å². The molecule has 1 atom stereocenters. The van der Waals surface area contributed by atoms with Crippen LogP contribution < -0.4 is 5.73 Å². The zero-order valence-electron chi connectivity index (χ0n) is 10.5. The monoisotopic (exact) mass is 218 g/mol. The predicted octanol–water partition coefficient (Wildman–Crippen LogP) is 2.47. The second kappa shape index (κ2) is 4.56. The summed E-state index contributed by atoms with van der Waals surface area (Å²) in [6.45, 7) is 9.61. The van der Waals surface area contributed by atoms with Gasteiger partial charge in [0, 0.05) is 25.7 Å². The van der Waals surface area contributed by atoms with Crippen molar-refractivity contribution in [3.63, 3.8) is 0 Å². The van der Waals surface area contributed by atoms with Gasteiger partial charge in [0.25, 0.3) is 0 Å². The Morgan fingerprint density at radius 2 is 2.19 bits per heavy atom. The summed E-state index contributed by atoms with van der Waals surface area (Å²) >= 11 is 0. The molecule has 0 saturated heterocycles. The maximum absolute atomic E-state index is 5.92. The van der Waals surface area contributed by atoms with E-state index >= 15 is 0 Å². The lowest BCUT2D eigenvalue weighted by molar-refractivity contribution is 0.195. The van der Waals surface area contributed by atoms with Gasteiger partial charge >= 0.3 is 0 Å². The van der Waals surface area contributed by atoms with E-state index in [-0.39, 0.29) is 0 Å². The molecule has 1 aliphatic heterocycles. The highest BCUT2D eigenvalue weighted by molar-refractivity contribution is 5.37. The second-order valence-corrected chi connectivity index (χ2v) is 5.28. The van der Waals surface area contributed by atoms with Crippen molar-refractivity contribution in [1.82, 2.24) is 4.90 Å². The largest absolute Gasteiger partial charge is 0.329 e. The van der Waals surface area contributed by atoms with Crippen LogP contribution in [0.1, 0.15) is 36.6 Å². The predicted molar refractivity (Wildman–Crippen MR) is 68.2 cm³/mol. The summed E-state index contributed by atoms with van der Waals surface area (Å²) in [4.78, 5) is 2.51. The lowest BCUT2D eigenvalue weighted by atomic mass is 10.0. The van der Waals surface area contributed by atoms with Crippen molar-refractivity contribution in [3.8, 4) is 0 Å². The Hall–Kier alpha value is -0.860. The van der Waals surface area contributed by atoms with Gasteiger partial charge in [0.15, 0.2) is 0 Å². The van der Waals surface area contributed by atoms with E-state index in [4.69, 9.17) is 5.73 Å². The minimum absolute atomic E-state index is 0.428. The average molecular weight is 218 g/mol. The first-order valence-corrected chi connectivity index (χ1v) is 6.15. The molecule has 1 unspecified atom stereocenters. The zero-order valence-corrected chi connectivity index (χ0v) is 10.5. The highest BCUT2D eigenvalue weighted by Crippen LogP contribution is 2.33. The summed E-state index contributed by atoms with van der Waals surface area (Å²) in [5.41, 5.74) is 10.2. The third-order valence-corrected chi connectivity index (χ3v) is 3.30. The molecular weight excluding hydrogens is 196 g/mol. The number of hydrogen-bond donors (Lipinski definition) is 1. The molecule has 0 saturated carbocycles. The van der Waals surface area contributed by atoms with Crippen molar-refractivity contribution in [2.24, 2.45) is 11.7 Å². The number of rotatable bonds is 3. The van der Waals surface area contributed by atoms with E-state index in [1.54, 1.807) is 0 Å². The Morgan fingerprint density at radius 1 is 1.44 bits per heavy atom. The van der Waals surface area contributed by atoms with Gasteiger partial charge in [-0.2, -0.15) is 0 Å². The number of benzene rings is 1. The first kappa shape index (κ1) is 11.6. The summed E-state index contributed by atoms with van der Waals surface area (Å²) in [5.74, 6) is 0.699. The minimum atomic E-state index is 0.428. The summed E-state index contributed by atoms with van der Waals surface area (Å²) < 4.78 is 0. The van der Waals surface area contributed by atoms with E-state index in [1.807, 2.05) is 0 Å². The third kappa shape index (κ3) is 2.13. The molecule has 2 rings (SSSR count). The van der Waals surface area contributed by atoms with E-state index < -0.39 is 0 Å². The van der Waals surface area contributed by atoms with Gasteiger partial charge in [-0.15, -0.1) is 0 Å². The van der Waals surface area contributed by atoms with E-state index in [2.05, 4.69) is 43.9 Å². The van der Waals surface area contributed by atoms with Crippen LogP contribution in [0.2, 0.25) is 0 Å². The molecule has 16 heavy (non-hydrogen) atoms. The molecular formula is C14H22N2. The highest BCUT2D eigenvalue weighted by Gasteiger charge is 2.28. The van der Waals surface area contributed by atoms with Crippen molar-refractivity contribution in [2.45, 2.75) is 33.4 Å². The third-order valence-electron chi connectivity index (χ3n) is 3.30. The van der Waals surface area contributed by atoms with Crippen LogP contribution in [-0.4, -0.2) is 18.0 Å². The Morgan fingerprint density at radius 3 is 2.81 bits per heavy atom. The molecule has 0 radical (unpaired) electrons. The van der Waals surface area contributed by atoms with E-state index in [0.29, 0.717) is 12.0 Å². The summed E-state index contributed by atoms with van der Waals surface area (Å²) in [5, 5.41) is 0. The fraction of sp³-hybridized carbons (Fsp3) is 0.571. The fourth-order valence-electron chi connectivity index (χ4n) is 2.63. The van der Waals surface area contributed by atoms with Gasteiger partial charge in [0.1, 0.15) is 0 Å². The van der Waals surface area contributed by atoms with Crippen LogP contribution in [0, 0.1) is 12.8 Å². The highest BCUT2D eigenvalue weighted by atomic mass is 15.2. The number of nitrogens with zero attached hydrogens (tertiary/aromatic N) is 1. The molecule has 0 amide bonds. The smallest absolute Gasteiger partial charge is 0.0477 e. The van der Waals surface area contributed by atoms with Gasteiger partial charge in [0.2, 0.25) is 0 Å². The maximum Gasteiger partial charge on any atom is 0.0477 e. The van der Waals surface area contributed by atoms with Gasteiger partial charge in [-0.1, -0.05) is 37.6 Å². The molecule has 0 bridgehead atoms. The van der Waals surface area contributed by atoms with Crippen LogP contribution in [0.4, 0.5) is 0 Å². The Bertz CT molecular complexity index is 371. The van der Waals surface area contributed by atoms with Gasteiger partial charge in [-0.3, -0.25) is 4.90 Å². The maximum atomic E-state index is 5.92. The standard InChI is InChI=1S/C14H22N2/c1-10(2)8-16-9-12-5-4-11(3)6-13(12)14(16)7-15/h4-6,10,14H,7-9,15H2,1-3H3. The normalized spacial score (nSPS) is 20.4. The van der Waals surface area contributed by atoms with Crippen LogP contribution in [0.15, 0.2) is 18.2 Å². The Balaban J connectivity index is 2.26. The SMILES string of the molecule is Cc1ccc2c(c1)C(CN)N(CC(C)C)C2. The fourth-order valence-corrected chi connectivity index (χ4v) is 2.63. The molecule has 1 aromatic rings. The van der Waals surface area contributed by atoms with Gasteiger partial charge in [-0.25, -0.2) is 0 Å². The summed E-state index contributed by atoms with van der Waals surface area (Å²) in [6.07, 6.45) is 0. The molecule has 0 aromatic heterocycles. The van der Waals surface area contributed by atoms with E-state index in [9.17, 15) is 0 Å². The van der Waals surface area contributed by atoms with E-state index in [0.717, 1.165) is 19.6 Å². The minimum Gasteiger partial charge on any atom is -0.329 e. The van der Waals surface area contributed by atoms with Crippen molar-refractivity contribution in [2.75, 3.05) is 13.1 Å². The van der Waals surface area contributed by atoms with Crippen molar-refractivity contribution < 1.29 is 0 Å². The van der Waals surface area contributed by atoms with Crippen LogP contribution in [0.3, 0.4) is 0 Å². The van der Waals surface area contributed by atoms with Crippen LogP contribution in [-0.2, 0) is 6.54 Å². The van der Waals surface area contributed by atoms with Gasteiger partial charge in [0.05, 0.1) is 0 Å². The number of hydrogen-bond acceptors (Lipinski definition) is 2. The second-order valence-electron chi connectivity index (χ2n) is 5.28. The number of nitrogens with two attached hydrogens (primary N) is 1. The first-order chi connectivity index (χ1) is 7.61. The zero-order chi connectivity index (χ0) is 11.7. The Kier molecular flexibility index (Phi) is 3.31. The van der Waals surface area contributed by atoms with Crippen LogP contribution in [0.5, 0.6) is 0 Å². The van der Waals surface area contributed by atoms with Gasteiger partial charge < -0.3 is 5.73 Å². The summed E-state index contributed by atoms with van der Waals surface area (Å²) in [6, 6.07) is 7.18. The number of aryl methyl sites for hydroxylation is 1. The molecule has 2 nitrogen and oxygen atoms in total. The van der Waals surface area contributed by atoms with Crippen molar-refractivity contribution >= 4 is 0 Å². The number of fused-ring (bicyclic) bond motifs is 1. The average Bonchev–Trinajstić information content (AvgIpc) is 2.53. The molecule has 1 aliphatic rings. The lowest BCUT2D eigenvalue weighted by Crippen LogP contribution is -2.30. The molecule has 1 heterocycles. The van der Waals surface area contributed by atoms with Crippen LogP contribution in [0.25, 0.3) is 0 Å². The molecule has 0 aliphatic carbocycles. The molecule has 0 spiro atoms. The first-order valence-electron chi connectivity index (χ1n) is 6.15. The molecule has 2 heteroatoms. The molecule has 0 fully saturated rings. The van der Waals surface area contributed by atoms with Crippen molar-refractivity contribution in [3.05, 3.63) is 34.9 Å². The van der Waals surface area contributed by atoms with Crippen LogP contribution >= 0.6 is 0 Å². The van der Waals surface area contributed by atoms with Gasteiger partial charge in [-0.05, 0) is 24.0 Å². The van der Waals surface area contributed by atoms with E-state index in [1.165, 1.54) is 16.7 Å². The van der Waals surface area contributed by atoms with Crippen molar-refractivity contribution in [1.29, 1.82) is 0 Å². The molecule has 88 valence electrons. The molecule has 1 aromatic carbocycles. The topological polar surface area (TPSA) is 29.3 Å². The molecule has 2 N–H and O–H groups in total.